The standard InChI is InChI=1S/H3N.4O.2Re/h1H3;;;;;;/q;;;;-1;;/p+1. The van der Waals surface area contributed by atoms with Crippen LogP contribution in [0.3, 0.4) is 0 Å². The molecule has 0 spiro atoms. The van der Waals surface area contributed by atoms with Crippen LogP contribution in [0.4, 0.5) is 0 Å². The number of rotatable bonds is 0. The van der Waals surface area contributed by atoms with Gasteiger partial charge in [0.2, 0.25) is 0 Å². The van der Waals surface area contributed by atoms with Gasteiger partial charge in [0.1, 0.15) is 0 Å². The molecule has 0 saturated heterocycles. The predicted octanol–water partition coefficient (Wildman–Crippen LogP) is -1.17. The Hall–Kier alpha value is 0.645. The molecule has 0 bridgehead atoms. The van der Waals surface area contributed by atoms with Crippen LogP contribution in [0, 0.1) is 0 Å². The monoisotopic (exact) mass is 456 g/mol. The van der Waals surface area contributed by atoms with Gasteiger partial charge in [-0.1, -0.05) is 0 Å². The fourth-order valence-corrected chi connectivity index (χ4v) is 0. The molecule has 0 atom stereocenters. The first-order valence-electron chi connectivity index (χ1n) is 0.617. The average Bonchev–Trinajstić information content (AvgIpc) is 0.722. The maximum absolute atomic E-state index is 8.64. The summed E-state index contributed by atoms with van der Waals surface area (Å²) < 4.78 is 34.6. The molecule has 0 unspecified atom stereocenters. The summed E-state index contributed by atoms with van der Waals surface area (Å²) in [7, 11) is 0. The van der Waals surface area contributed by atoms with Gasteiger partial charge in [0.15, 0.2) is 0 Å². The molecule has 5 nitrogen and oxygen atoms in total. The molecule has 0 aromatic carbocycles. The van der Waals surface area contributed by atoms with E-state index in [0.717, 1.165) is 0 Å². The third kappa shape index (κ3) is 345. The largest absolute Gasteiger partial charge is 0 e. The Morgan fingerprint density at radius 2 is 1.14 bits per heavy atom. The van der Waals surface area contributed by atoms with Crippen molar-refractivity contribution in [1.82, 2.24) is 6.15 Å². The summed E-state index contributed by atoms with van der Waals surface area (Å²) in [5, 5.41) is 0. The van der Waals surface area contributed by atoms with E-state index < -0.39 is 15.8 Å². The van der Waals surface area contributed by atoms with Crippen molar-refractivity contribution < 1.29 is 50.4 Å². The third-order valence-electron chi connectivity index (χ3n) is 0. The molecule has 0 aliphatic rings. The van der Waals surface area contributed by atoms with E-state index in [1.165, 1.54) is 0 Å². The summed E-state index contributed by atoms with van der Waals surface area (Å²) >= 11 is -6.11. The van der Waals surface area contributed by atoms with E-state index in [1.807, 2.05) is 0 Å². The van der Waals surface area contributed by atoms with Gasteiger partial charge in [-0.3, -0.25) is 0 Å². The van der Waals surface area contributed by atoms with Crippen molar-refractivity contribution >= 4 is 0 Å². The molecule has 0 aromatic heterocycles. The van der Waals surface area contributed by atoms with Crippen molar-refractivity contribution in [2.75, 3.05) is 0 Å². The van der Waals surface area contributed by atoms with E-state index in [4.69, 9.17) is 14.2 Å². The molecule has 1 radical (unpaired) electrons. The van der Waals surface area contributed by atoms with Gasteiger partial charge < -0.3 is 6.15 Å². The summed E-state index contributed by atoms with van der Waals surface area (Å²) in [4.78, 5) is 0. The smallest absolute Gasteiger partial charge is 0 e. The number of hydrogen-bond donors (Lipinski definition) is 1. The molecule has 0 aliphatic carbocycles. The van der Waals surface area contributed by atoms with Crippen molar-refractivity contribution in [3.8, 4) is 0 Å². The number of quaternary nitrogens is 1. The Balaban J connectivity index is -0.0000000800. The quantitative estimate of drug-likeness (QED) is 0.497. The van der Waals surface area contributed by atoms with Crippen LogP contribution in [0.15, 0.2) is 0 Å². The Bertz CT molecular complexity index is 131. The Morgan fingerprint density at radius 1 is 1.14 bits per heavy atom. The topological polar surface area (TPSA) is 111 Å². The van der Waals surface area contributed by atoms with E-state index in [9.17, 15) is 0 Å². The summed E-state index contributed by atoms with van der Waals surface area (Å²) in [5.74, 6) is 0. The molecular formula is H4NO4Re2. The Labute approximate surface area is 56.7 Å². The van der Waals surface area contributed by atoms with Crippen LogP contribution in [0.5, 0.6) is 0 Å². The van der Waals surface area contributed by atoms with E-state index in [0.29, 0.717) is 0 Å². The molecule has 7 heteroatoms. The summed E-state index contributed by atoms with van der Waals surface area (Å²) in [6.45, 7) is 0. The third-order valence-corrected chi connectivity index (χ3v) is 0. The second kappa shape index (κ2) is 4.80. The van der Waals surface area contributed by atoms with E-state index in [1.54, 1.807) is 0 Å². The zero-order chi connectivity index (χ0) is 4.50. The average molecular weight is 454 g/mol. The summed E-state index contributed by atoms with van der Waals surface area (Å²) in [6.07, 6.45) is 0. The van der Waals surface area contributed by atoms with Crippen LogP contribution >= 0.6 is 0 Å². The molecule has 4 N–H and O–H groups in total. The van der Waals surface area contributed by atoms with Gasteiger partial charge in [-0.2, -0.15) is 0 Å². The first-order valence-corrected chi connectivity index (χ1v) is 5.05. The van der Waals surface area contributed by atoms with Crippen molar-refractivity contribution in [3.05, 3.63) is 0 Å². The second-order valence-electron chi connectivity index (χ2n) is 0.378. The molecule has 0 fully saturated rings. The van der Waals surface area contributed by atoms with Crippen LogP contribution in [0.2, 0.25) is 0 Å². The Morgan fingerprint density at radius 3 is 1.14 bits per heavy atom. The van der Waals surface area contributed by atoms with Crippen molar-refractivity contribution in [2.45, 2.75) is 0 Å². The van der Waals surface area contributed by atoms with Gasteiger partial charge in [0.25, 0.3) is 0 Å². The van der Waals surface area contributed by atoms with Gasteiger partial charge in [-0.15, -0.1) is 0 Å². The minimum absolute atomic E-state index is 0. The molecule has 0 rings (SSSR count). The van der Waals surface area contributed by atoms with Gasteiger partial charge >= 0.3 is 30.0 Å². The van der Waals surface area contributed by atoms with E-state index in [-0.39, 0.29) is 26.6 Å². The normalized spacial score (nSPS) is 8.14. The molecule has 7 heavy (non-hydrogen) atoms. The fraction of sp³-hybridized carbons (Fsp3) is 0. The van der Waals surface area contributed by atoms with Gasteiger partial charge in [-0.05, 0) is 0 Å². The minimum atomic E-state index is -6.11. The van der Waals surface area contributed by atoms with Crippen LogP contribution in [0.25, 0.3) is 0 Å². The second-order valence-corrected chi connectivity index (χ2v) is 3.09. The maximum atomic E-state index is 8.64. The van der Waals surface area contributed by atoms with Crippen LogP contribution < -0.4 is 9.98 Å². The van der Waals surface area contributed by atoms with Gasteiger partial charge in [0.05, 0.1) is 0 Å². The molecule has 0 heterocycles. The first kappa shape index (κ1) is 15.6. The van der Waals surface area contributed by atoms with Crippen LogP contribution in [-0.4, -0.2) is 0 Å². The molecule has 0 aliphatic heterocycles. The summed E-state index contributed by atoms with van der Waals surface area (Å²) in [5.41, 5.74) is 0. The zero-order valence-electron chi connectivity index (χ0n) is 3.39. The van der Waals surface area contributed by atoms with Crippen LogP contribution in [0.1, 0.15) is 0 Å². The predicted molar refractivity (Wildman–Crippen MR) is 8.04 cm³/mol. The molecule has 0 saturated carbocycles. The fourth-order valence-electron chi connectivity index (χ4n) is 0. The first-order chi connectivity index (χ1) is 2.00. The summed E-state index contributed by atoms with van der Waals surface area (Å²) in [6, 6.07) is 0. The maximum Gasteiger partial charge on any atom is 0 e. The van der Waals surface area contributed by atoms with Gasteiger partial charge in [0, 0.05) is 20.4 Å². The van der Waals surface area contributed by atoms with Crippen molar-refractivity contribution in [3.63, 3.8) is 0 Å². The molecule has 0 amide bonds. The zero-order valence-corrected chi connectivity index (χ0v) is 8.82. The SMILES string of the molecule is [NH4+].[O]=[Re](=[O])(=[O])[O-].[Re]. The molecule has 0 aromatic rings. The number of hydrogen-bond acceptors (Lipinski definition) is 4. The van der Waals surface area contributed by atoms with Gasteiger partial charge in [-0.25, -0.2) is 0 Å². The van der Waals surface area contributed by atoms with Crippen LogP contribution in [-0.2, 0) is 46.6 Å². The molecular weight excluding hydrogens is 450 g/mol. The van der Waals surface area contributed by atoms with E-state index >= 15 is 0 Å². The Kier molecular flexibility index (Phi) is 10.7. The van der Waals surface area contributed by atoms with Crippen molar-refractivity contribution in [1.29, 1.82) is 0 Å². The molecule has 47 valence electrons. The van der Waals surface area contributed by atoms with E-state index in [2.05, 4.69) is 0 Å². The minimum Gasteiger partial charge on any atom is 0 e. The van der Waals surface area contributed by atoms with Crippen molar-refractivity contribution in [2.24, 2.45) is 0 Å².